The molecular weight excluding hydrogens is 504 g/mol. The van der Waals surface area contributed by atoms with E-state index in [4.69, 9.17) is 11.6 Å². The van der Waals surface area contributed by atoms with Crippen LogP contribution in [0.3, 0.4) is 0 Å². The molecule has 5 rings (SSSR count). The molecule has 37 heavy (non-hydrogen) atoms. The van der Waals surface area contributed by atoms with Crippen LogP contribution in [0.5, 0.6) is 0 Å². The topological polar surface area (TPSA) is 75.2 Å². The van der Waals surface area contributed by atoms with E-state index in [-0.39, 0.29) is 36.1 Å². The van der Waals surface area contributed by atoms with Gasteiger partial charge in [0.1, 0.15) is 5.01 Å². The lowest BCUT2D eigenvalue weighted by Gasteiger charge is -2.30. The fourth-order valence-electron chi connectivity index (χ4n) is 4.54. The summed E-state index contributed by atoms with van der Waals surface area (Å²) in [6.45, 7) is 2.34. The third-order valence-electron chi connectivity index (χ3n) is 6.71. The van der Waals surface area contributed by atoms with Crippen molar-refractivity contribution in [2.24, 2.45) is 5.92 Å². The van der Waals surface area contributed by atoms with Crippen LogP contribution in [0.25, 0.3) is 10.6 Å². The predicted molar refractivity (Wildman–Crippen MR) is 147 cm³/mol. The van der Waals surface area contributed by atoms with Crippen LogP contribution in [0.4, 0.5) is 5.13 Å². The maximum Gasteiger partial charge on any atom is 0.227 e. The van der Waals surface area contributed by atoms with Crippen molar-refractivity contribution in [3.63, 3.8) is 0 Å². The van der Waals surface area contributed by atoms with Gasteiger partial charge < -0.3 is 10.2 Å². The van der Waals surface area contributed by atoms with Crippen LogP contribution in [0.15, 0.2) is 84.9 Å². The molecule has 0 radical (unpaired) electrons. The predicted octanol–water partition coefficient (Wildman–Crippen LogP) is 6.58. The molecule has 1 fully saturated rings. The monoisotopic (exact) mass is 530 g/mol. The number of nitrogens with zero attached hydrogens (tertiary/aromatic N) is 3. The highest BCUT2D eigenvalue weighted by atomic mass is 35.5. The molecule has 3 aromatic carbocycles. The van der Waals surface area contributed by atoms with Gasteiger partial charge in [0.15, 0.2) is 0 Å². The second-order valence-corrected chi connectivity index (χ2v) is 10.6. The van der Waals surface area contributed by atoms with E-state index in [0.29, 0.717) is 21.7 Å². The molecule has 1 aliphatic carbocycles. The Labute approximate surface area is 225 Å². The minimum atomic E-state index is -0.202. The lowest BCUT2D eigenvalue weighted by atomic mass is 10.0. The first-order valence-electron chi connectivity index (χ1n) is 12.3. The van der Waals surface area contributed by atoms with Crippen molar-refractivity contribution in [2.45, 2.75) is 31.7 Å². The summed E-state index contributed by atoms with van der Waals surface area (Å²) in [6, 6.07) is 27.3. The van der Waals surface area contributed by atoms with Crippen molar-refractivity contribution in [3.05, 3.63) is 101 Å². The number of hydrogen-bond donors (Lipinski definition) is 1. The largest absolute Gasteiger partial charge is 0.335 e. The molecule has 0 saturated heterocycles. The molecule has 0 unspecified atom stereocenters. The van der Waals surface area contributed by atoms with E-state index in [2.05, 4.69) is 27.6 Å². The Morgan fingerprint density at radius 2 is 1.68 bits per heavy atom. The SMILES string of the molecule is C[C@H](c1ccccc1)N(CCC(=O)Nc1nnc(-c2ccc(Cl)cc2)s1)C(=O)[C@H]1C[C@H]1c1ccccc1. The van der Waals surface area contributed by atoms with Gasteiger partial charge in [-0.1, -0.05) is 95.7 Å². The molecule has 4 aromatic rings. The molecule has 2 amide bonds. The average molecular weight is 531 g/mol. The summed E-state index contributed by atoms with van der Waals surface area (Å²) in [6.07, 6.45) is 1.01. The Kier molecular flexibility index (Phi) is 7.63. The first-order valence-corrected chi connectivity index (χ1v) is 13.5. The van der Waals surface area contributed by atoms with E-state index >= 15 is 0 Å². The number of amides is 2. The van der Waals surface area contributed by atoms with Gasteiger partial charge in [0.2, 0.25) is 16.9 Å². The third-order valence-corrected chi connectivity index (χ3v) is 7.85. The number of anilines is 1. The summed E-state index contributed by atoms with van der Waals surface area (Å²) in [7, 11) is 0. The zero-order valence-corrected chi connectivity index (χ0v) is 22.0. The summed E-state index contributed by atoms with van der Waals surface area (Å²) < 4.78 is 0. The number of carbonyl (C=O) groups excluding carboxylic acids is 2. The van der Waals surface area contributed by atoms with Crippen LogP contribution in [0.2, 0.25) is 5.02 Å². The van der Waals surface area contributed by atoms with Gasteiger partial charge in [-0.15, -0.1) is 10.2 Å². The van der Waals surface area contributed by atoms with Crippen LogP contribution in [-0.4, -0.2) is 33.5 Å². The minimum Gasteiger partial charge on any atom is -0.335 e. The van der Waals surface area contributed by atoms with Gasteiger partial charge in [0.05, 0.1) is 6.04 Å². The standard InChI is InChI=1S/C29H27ClN4O2S/c1-19(20-8-4-2-5-9-20)34(28(36)25-18-24(25)21-10-6-3-7-11-21)17-16-26(35)31-29-33-32-27(37-29)22-12-14-23(30)15-13-22/h2-15,19,24-25H,16-18H2,1H3,(H,31,33,35)/t19-,24+,25+/m1/s1. The van der Waals surface area contributed by atoms with E-state index in [1.54, 1.807) is 12.1 Å². The fraction of sp³-hybridized carbons (Fsp3) is 0.241. The third kappa shape index (κ3) is 6.06. The van der Waals surface area contributed by atoms with Crippen molar-refractivity contribution in [1.29, 1.82) is 0 Å². The molecule has 1 heterocycles. The lowest BCUT2D eigenvalue weighted by molar-refractivity contribution is -0.135. The van der Waals surface area contributed by atoms with Gasteiger partial charge in [-0.25, -0.2) is 0 Å². The highest BCUT2D eigenvalue weighted by molar-refractivity contribution is 7.18. The highest BCUT2D eigenvalue weighted by Gasteiger charge is 2.46. The van der Waals surface area contributed by atoms with E-state index in [0.717, 1.165) is 17.5 Å². The zero-order valence-electron chi connectivity index (χ0n) is 20.4. The molecule has 1 aliphatic rings. The quantitative estimate of drug-likeness (QED) is 0.265. The second kappa shape index (κ2) is 11.2. The van der Waals surface area contributed by atoms with Crippen LogP contribution >= 0.6 is 22.9 Å². The Morgan fingerprint density at radius 3 is 2.38 bits per heavy atom. The Balaban J connectivity index is 1.25. The molecule has 1 saturated carbocycles. The molecule has 1 aromatic heterocycles. The molecule has 6 nitrogen and oxygen atoms in total. The normalized spacial score (nSPS) is 17.1. The summed E-state index contributed by atoms with van der Waals surface area (Å²) in [5.74, 6) is 0.0774. The smallest absolute Gasteiger partial charge is 0.227 e. The summed E-state index contributed by atoms with van der Waals surface area (Å²) >= 11 is 7.26. The Bertz CT molecular complexity index is 1360. The molecule has 188 valence electrons. The Morgan fingerprint density at radius 1 is 1.00 bits per heavy atom. The molecule has 1 N–H and O–H groups in total. The summed E-state index contributed by atoms with van der Waals surface area (Å²) in [4.78, 5) is 28.3. The average Bonchev–Trinajstić information content (AvgIpc) is 3.61. The number of hydrogen-bond acceptors (Lipinski definition) is 5. The van der Waals surface area contributed by atoms with Gasteiger partial charge in [0.25, 0.3) is 0 Å². The summed E-state index contributed by atoms with van der Waals surface area (Å²) in [5.41, 5.74) is 3.12. The van der Waals surface area contributed by atoms with Crippen molar-refractivity contribution in [2.75, 3.05) is 11.9 Å². The molecule has 8 heteroatoms. The highest BCUT2D eigenvalue weighted by Crippen LogP contribution is 2.49. The molecule has 0 aliphatic heterocycles. The van der Waals surface area contributed by atoms with Gasteiger partial charge in [-0.05, 0) is 42.5 Å². The van der Waals surface area contributed by atoms with E-state index < -0.39 is 0 Å². The zero-order chi connectivity index (χ0) is 25.8. The molecular formula is C29H27ClN4O2S. The summed E-state index contributed by atoms with van der Waals surface area (Å²) in [5, 5.41) is 12.9. The van der Waals surface area contributed by atoms with Gasteiger partial charge in [-0.2, -0.15) is 0 Å². The molecule has 3 atom stereocenters. The number of halogens is 1. The first-order chi connectivity index (χ1) is 18.0. The van der Waals surface area contributed by atoms with Gasteiger partial charge in [0, 0.05) is 29.5 Å². The van der Waals surface area contributed by atoms with E-state index in [1.165, 1.54) is 16.9 Å². The van der Waals surface area contributed by atoms with Crippen LogP contribution in [-0.2, 0) is 9.59 Å². The number of aromatic nitrogens is 2. The number of nitrogens with one attached hydrogen (secondary N) is 1. The fourth-order valence-corrected chi connectivity index (χ4v) is 5.43. The van der Waals surface area contributed by atoms with Crippen molar-refractivity contribution in [1.82, 2.24) is 15.1 Å². The second-order valence-electron chi connectivity index (χ2n) is 9.20. The number of rotatable bonds is 9. The van der Waals surface area contributed by atoms with Crippen molar-refractivity contribution >= 4 is 39.9 Å². The van der Waals surface area contributed by atoms with E-state index in [9.17, 15) is 9.59 Å². The van der Waals surface area contributed by atoms with Crippen LogP contribution < -0.4 is 5.32 Å². The van der Waals surface area contributed by atoms with Gasteiger partial charge in [-0.3, -0.25) is 9.59 Å². The van der Waals surface area contributed by atoms with Crippen molar-refractivity contribution < 1.29 is 9.59 Å². The number of carbonyl (C=O) groups is 2. The first kappa shape index (κ1) is 25.1. The lowest BCUT2D eigenvalue weighted by Crippen LogP contribution is -2.37. The van der Waals surface area contributed by atoms with Crippen LogP contribution in [0.1, 0.15) is 42.9 Å². The van der Waals surface area contributed by atoms with Crippen LogP contribution in [0, 0.1) is 5.92 Å². The Hall–Kier alpha value is -3.55. The molecule has 0 spiro atoms. The van der Waals surface area contributed by atoms with Crippen molar-refractivity contribution in [3.8, 4) is 10.6 Å². The number of benzene rings is 3. The van der Waals surface area contributed by atoms with E-state index in [1.807, 2.05) is 72.5 Å². The molecule has 0 bridgehead atoms. The minimum absolute atomic E-state index is 0.0540. The van der Waals surface area contributed by atoms with Gasteiger partial charge >= 0.3 is 0 Å². The maximum absolute atomic E-state index is 13.6. The maximum atomic E-state index is 13.6.